The lowest BCUT2D eigenvalue weighted by molar-refractivity contribution is 0.0949. The summed E-state index contributed by atoms with van der Waals surface area (Å²) in [7, 11) is -3.74. The Labute approximate surface area is 227 Å². The lowest BCUT2D eigenvalue weighted by Crippen LogP contribution is -2.48. The Hall–Kier alpha value is -3.28. The molecule has 1 aromatic heterocycles. The first kappa shape index (κ1) is 27.3. The van der Waals surface area contributed by atoms with Crippen LogP contribution < -0.4 is 15.8 Å². The molecule has 0 aliphatic carbocycles. The van der Waals surface area contributed by atoms with Gasteiger partial charge in [0, 0.05) is 68.8 Å². The Kier molecular flexibility index (Phi) is 8.01. The highest BCUT2D eigenvalue weighted by molar-refractivity contribution is 7.89. The van der Waals surface area contributed by atoms with Crippen LogP contribution in [0.15, 0.2) is 58.2 Å². The molecule has 0 unspecified atom stereocenters. The molecule has 0 radical (unpaired) electrons. The van der Waals surface area contributed by atoms with Crippen LogP contribution in [-0.2, 0) is 10.0 Å². The van der Waals surface area contributed by atoms with Crippen LogP contribution >= 0.6 is 0 Å². The van der Waals surface area contributed by atoms with Gasteiger partial charge in [-0.2, -0.15) is 4.31 Å². The number of piperazine rings is 1. The van der Waals surface area contributed by atoms with Gasteiger partial charge < -0.3 is 15.2 Å². The van der Waals surface area contributed by atoms with E-state index in [1.165, 1.54) is 28.6 Å². The molecule has 2 N–H and O–H groups in total. The maximum absolute atomic E-state index is 14.1. The average molecular weight is 556 g/mol. The fourth-order valence-electron chi connectivity index (χ4n) is 5.49. The number of carbonyl (C=O) groups is 1. The molecule has 2 saturated heterocycles. The number of carbonyl (C=O) groups excluding carboxylic acids is 1. The number of rotatable bonds is 7. The van der Waals surface area contributed by atoms with Gasteiger partial charge in [-0.3, -0.25) is 14.5 Å². The molecule has 2 fully saturated rings. The second kappa shape index (κ2) is 11.4. The van der Waals surface area contributed by atoms with Gasteiger partial charge >= 0.3 is 0 Å². The number of sulfonamides is 1. The molecule has 5 rings (SSSR count). The fourth-order valence-corrected chi connectivity index (χ4v) is 7.21. The van der Waals surface area contributed by atoms with Crippen molar-refractivity contribution in [2.75, 3.05) is 50.7 Å². The van der Waals surface area contributed by atoms with Gasteiger partial charge in [-0.15, -0.1) is 0 Å². The number of hydrogen-bond donors (Lipinski definition) is 2. The van der Waals surface area contributed by atoms with Gasteiger partial charge in [0.05, 0.1) is 16.1 Å². The molecule has 0 saturated carbocycles. The van der Waals surface area contributed by atoms with E-state index < -0.39 is 21.5 Å². The minimum atomic E-state index is -3.74. The van der Waals surface area contributed by atoms with Gasteiger partial charge in [0.25, 0.3) is 5.91 Å². The minimum Gasteiger partial charge on any atom is -0.367 e. The second-order valence-corrected chi connectivity index (χ2v) is 12.1. The molecule has 11 heteroatoms. The summed E-state index contributed by atoms with van der Waals surface area (Å²) in [6.07, 6.45) is 2.63. The summed E-state index contributed by atoms with van der Waals surface area (Å²) >= 11 is 0. The second-order valence-electron chi connectivity index (χ2n) is 10.3. The zero-order valence-electron chi connectivity index (χ0n) is 22.0. The number of nitrogens with one attached hydrogen (secondary N) is 2. The Morgan fingerprint density at radius 1 is 1.05 bits per heavy atom. The van der Waals surface area contributed by atoms with E-state index in [9.17, 15) is 22.4 Å². The van der Waals surface area contributed by atoms with E-state index in [0.717, 1.165) is 32.4 Å². The van der Waals surface area contributed by atoms with Crippen molar-refractivity contribution in [3.63, 3.8) is 0 Å². The van der Waals surface area contributed by atoms with Gasteiger partial charge in [-0.05, 0) is 50.1 Å². The van der Waals surface area contributed by atoms with Crippen LogP contribution in [0.2, 0.25) is 0 Å². The van der Waals surface area contributed by atoms with Gasteiger partial charge in [-0.25, -0.2) is 12.8 Å². The third-order valence-corrected chi connectivity index (χ3v) is 9.70. The number of aromatic nitrogens is 1. The number of benzene rings is 2. The number of amides is 1. The lowest BCUT2D eigenvalue weighted by atomic mass is 10.1. The monoisotopic (exact) mass is 555 g/mol. The quantitative estimate of drug-likeness (QED) is 0.465. The highest BCUT2D eigenvalue weighted by Crippen LogP contribution is 2.28. The number of H-pyrrole nitrogens is 1. The van der Waals surface area contributed by atoms with E-state index in [0.29, 0.717) is 49.3 Å². The number of para-hydroxylation sites is 1. The van der Waals surface area contributed by atoms with Crippen LogP contribution in [0.5, 0.6) is 0 Å². The molecule has 1 amide bonds. The van der Waals surface area contributed by atoms with Crippen LogP contribution in [0.25, 0.3) is 10.9 Å². The molecular weight excluding hydrogens is 521 g/mol. The van der Waals surface area contributed by atoms with Gasteiger partial charge in [0.15, 0.2) is 0 Å². The van der Waals surface area contributed by atoms with Gasteiger partial charge in [-0.1, -0.05) is 18.6 Å². The van der Waals surface area contributed by atoms with Crippen molar-refractivity contribution in [3.05, 3.63) is 70.3 Å². The Balaban J connectivity index is 1.26. The molecule has 2 aliphatic heterocycles. The topological polar surface area (TPSA) is 106 Å². The van der Waals surface area contributed by atoms with E-state index in [2.05, 4.69) is 15.2 Å². The number of halogens is 1. The maximum atomic E-state index is 14.1. The largest absolute Gasteiger partial charge is 0.367 e. The molecule has 2 aliphatic rings. The minimum absolute atomic E-state index is 0.0913. The lowest BCUT2D eigenvalue weighted by Gasteiger charge is -2.36. The van der Waals surface area contributed by atoms with Gasteiger partial charge in [0.2, 0.25) is 15.6 Å². The number of anilines is 1. The maximum Gasteiger partial charge on any atom is 0.252 e. The van der Waals surface area contributed by atoms with Crippen molar-refractivity contribution < 1.29 is 17.6 Å². The molecule has 1 atom stereocenters. The molecular formula is C28H34FN5O4S. The SMILES string of the molecule is C[C@@H]1CCCCN1S(=O)(=O)c1ccc2[nH]c(=O)cc(C(=O)NCCN3CCN(c4ccccc4F)CC3)c2c1. The van der Waals surface area contributed by atoms with E-state index >= 15 is 0 Å². The van der Waals surface area contributed by atoms with Crippen molar-refractivity contribution in [2.24, 2.45) is 0 Å². The molecule has 39 heavy (non-hydrogen) atoms. The van der Waals surface area contributed by atoms with Crippen molar-refractivity contribution in [2.45, 2.75) is 37.1 Å². The third kappa shape index (κ3) is 5.85. The fraction of sp³-hybridized carbons (Fsp3) is 0.429. The Bertz CT molecular complexity index is 1520. The number of fused-ring (bicyclic) bond motifs is 1. The number of piperidine rings is 1. The normalized spacial score (nSPS) is 19.3. The van der Waals surface area contributed by atoms with Gasteiger partial charge in [0.1, 0.15) is 5.82 Å². The molecule has 2 aromatic carbocycles. The van der Waals surface area contributed by atoms with Crippen LogP contribution in [0.3, 0.4) is 0 Å². The summed E-state index contributed by atoms with van der Waals surface area (Å²) in [4.78, 5) is 32.4. The number of hydrogen-bond acceptors (Lipinski definition) is 6. The first-order valence-corrected chi connectivity index (χ1v) is 14.9. The number of nitrogens with zero attached hydrogens (tertiary/aromatic N) is 3. The Morgan fingerprint density at radius 2 is 1.82 bits per heavy atom. The molecule has 208 valence electrons. The molecule has 3 heterocycles. The summed E-state index contributed by atoms with van der Waals surface area (Å²) in [6.45, 7) is 6.16. The summed E-state index contributed by atoms with van der Waals surface area (Å²) in [5.41, 5.74) is 0.712. The van der Waals surface area contributed by atoms with E-state index in [4.69, 9.17) is 0 Å². The molecule has 0 bridgehead atoms. The van der Waals surface area contributed by atoms with Crippen LogP contribution in [-0.4, -0.2) is 80.4 Å². The third-order valence-electron chi connectivity index (χ3n) is 7.69. The smallest absolute Gasteiger partial charge is 0.252 e. The predicted molar refractivity (Wildman–Crippen MR) is 149 cm³/mol. The summed E-state index contributed by atoms with van der Waals surface area (Å²) in [5.74, 6) is -0.665. The summed E-state index contributed by atoms with van der Waals surface area (Å²) in [6, 6.07) is 12.4. The molecule has 9 nitrogen and oxygen atoms in total. The van der Waals surface area contributed by atoms with E-state index in [1.807, 2.05) is 17.9 Å². The van der Waals surface area contributed by atoms with E-state index in [1.54, 1.807) is 18.2 Å². The van der Waals surface area contributed by atoms with Crippen molar-refractivity contribution >= 4 is 32.5 Å². The highest BCUT2D eigenvalue weighted by atomic mass is 32.2. The average Bonchev–Trinajstić information content (AvgIpc) is 2.93. The summed E-state index contributed by atoms with van der Waals surface area (Å²) < 4.78 is 42.4. The van der Waals surface area contributed by atoms with Crippen LogP contribution in [0.4, 0.5) is 10.1 Å². The van der Waals surface area contributed by atoms with Crippen molar-refractivity contribution in [1.82, 2.24) is 19.5 Å². The predicted octanol–water partition coefficient (Wildman–Crippen LogP) is 2.78. The molecule has 3 aromatic rings. The van der Waals surface area contributed by atoms with E-state index in [-0.39, 0.29) is 22.3 Å². The first-order chi connectivity index (χ1) is 18.7. The number of aromatic amines is 1. The zero-order valence-corrected chi connectivity index (χ0v) is 22.8. The van der Waals surface area contributed by atoms with Crippen LogP contribution in [0, 0.1) is 5.82 Å². The van der Waals surface area contributed by atoms with Crippen molar-refractivity contribution in [1.29, 1.82) is 0 Å². The first-order valence-electron chi connectivity index (χ1n) is 13.4. The highest BCUT2D eigenvalue weighted by Gasteiger charge is 2.31. The number of pyridine rings is 1. The molecule has 0 spiro atoms. The van der Waals surface area contributed by atoms with Crippen molar-refractivity contribution in [3.8, 4) is 0 Å². The Morgan fingerprint density at radius 3 is 2.56 bits per heavy atom. The zero-order chi connectivity index (χ0) is 27.6. The van der Waals surface area contributed by atoms with Crippen LogP contribution in [0.1, 0.15) is 36.5 Å². The standard InChI is InChI=1S/C28H34FN5O4S/c1-20-6-4-5-12-34(20)39(37,38)21-9-10-25-22(18-21)23(19-27(35)31-25)28(36)30-11-13-32-14-16-33(17-15-32)26-8-3-2-7-24(26)29/h2-3,7-10,18-20H,4-6,11-17H2,1H3,(H,30,36)(H,31,35)/t20-/m1/s1. The summed E-state index contributed by atoms with van der Waals surface area (Å²) in [5, 5.41) is 3.26.